The van der Waals surface area contributed by atoms with Crippen LogP contribution in [-0.2, 0) is 18.2 Å². The fraction of sp³-hybridized carbons (Fsp3) is 0.269. The third-order valence-electron chi connectivity index (χ3n) is 5.89. The molecule has 0 unspecified atom stereocenters. The molecule has 5 aromatic rings. The van der Waals surface area contributed by atoms with Crippen LogP contribution in [0, 0.1) is 3.95 Å². The third-order valence-corrected chi connectivity index (χ3v) is 8.25. The second kappa shape index (κ2) is 9.88. The van der Waals surface area contributed by atoms with Crippen LogP contribution < -0.4 is 10.3 Å². The van der Waals surface area contributed by atoms with E-state index in [0.717, 1.165) is 11.3 Å². The highest BCUT2D eigenvalue weighted by atomic mass is 32.2. The van der Waals surface area contributed by atoms with Crippen LogP contribution in [0.15, 0.2) is 63.0 Å². The lowest BCUT2D eigenvalue weighted by molar-refractivity contribution is 0.391. The number of fused-ring (bicyclic) bond motifs is 1. The van der Waals surface area contributed by atoms with Gasteiger partial charge in [0.05, 0.1) is 18.6 Å². The number of aromatic nitrogens is 5. The van der Waals surface area contributed by atoms with Gasteiger partial charge in [-0.15, -0.1) is 0 Å². The summed E-state index contributed by atoms with van der Waals surface area (Å²) in [7, 11) is 3.31. The van der Waals surface area contributed by atoms with Crippen molar-refractivity contribution in [1.82, 2.24) is 24.3 Å². The van der Waals surface area contributed by atoms with E-state index in [9.17, 15) is 4.79 Å². The fourth-order valence-electron chi connectivity index (χ4n) is 3.79. The molecule has 0 spiro atoms. The maximum absolute atomic E-state index is 13.2. The lowest BCUT2D eigenvalue weighted by Crippen LogP contribution is -2.19. The molecule has 0 aliphatic heterocycles. The quantitative estimate of drug-likeness (QED) is 0.141. The van der Waals surface area contributed by atoms with Gasteiger partial charge in [0.15, 0.2) is 14.8 Å². The van der Waals surface area contributed by atoms with E-state index in [1.165, 1.54) is 33.2 Å². The molecule has 2 aromatic carbocycles. The molecule has 8 nitrogen and oxygen atoms in total. The van der Waals surface area contributed by atoms with Crippen molar-refractivity contribution in [3.63, 3.8) is 0 Å². The molecule has 37 heavy (non-hydrogen) atoms. The number of rotatable bonds is 6. The Hall–Kier alpha value is -3.28. The summed E-state index contributed by atoms with van der Waals surface area (Å²) >= 11 is 8.19. The van der Waals surface area contributed by atoms with Gasteiger partial charge in [0.1, 0.15) is 10.4 Å². The molecule has 3 heterocycles. The number of hydrogen-bond acceptors (Lipinski definition) is 9. The third kappa shape index (κ3) is 4.98. The summed E-state index contributed by atoms with van der Waals surface area (Å²) in [6, 6.07) is 15.7. The van der Waals surface area contributed by atoms with Crippen molar-refractivity contribution in [2.75, 3.05) is 7.11 Å². The molecular weight excluding hydrogens is 527 g/mol. The largest absolute Gasteiger partial charge is 0.497 e. The van der Waals surface area contributed by atoms with Gasteiger partial charge in [0.2, 0.25) is 11.7 Å². The molecule has 0 saturated heterocycles. The average molecular weight is 552 g/mol. The van der Waals surface area contributed by atoms with Crippen LogP contribution in [0.1, 0.15) is 32.2 Å². The Morgan fingerprint density at radius 3 is 2.59 bits per heavy atom. The first-order valence-corrected chi connectivity index (χ1v) is 13.7. The number of hydrogen-bond donors (Lipinski definition) is 0. The van der Waals surface area contributed by atoms with E-state index in [1.807, 2.05) is 36.4 Å². The van der Waals surface area contributed by atoms with E-state index >= 15 is 0 Å². The number of benzene rings is 2. The predicted molar refractivity (Wildman–Crippen MR) is 150 cm³/mol. The number of nitrogens with zero attached hydrogens (tertiary/aromatic N) is 5. The van der Waals surface area contributed by atoms with Crippen molar-refractivity contribution >= 4 is 45.7 Å². The molecule has 0 atom stereocenters. The number of thioether (sulfide) groups is 1. The van der Waals surface area contributed by atoms with Gasteiger partial charge in [-0.2, -0.15) is 4.98 Å². The number of thiazole rings is 1. The minimum absolute atomic E-state index is 0.0702. The Bertz CT molecular complexity index is 1710. The van der Waals surface area contributed by atoms with E-state index in [2.05, 4.69) is 43.0 Å². The van der Waals surface area contributed by atoms with Gasteiger partial charge < -0.3 is 9.26 Å². The van der Waals surface area contributed by atoms with Crippen LogP contribution >= 0.6 is 35.3 Å². The van der Waals surface area contributed by atoms with Crippen molar-refractivity contribution < 1.29 is 9.26 Å². The highest BCUT2D eigenvalue weighted by Gasteiger charge is 2.18. The molecule has 11 heteroatoms. The van der Waals surface area contributed by atoms with Gasteiger partial charge in [-0.1, -0.05) is 79.4 Å². The summed E-state index contributed by atoms with van der Waals surface area (Å²) in [6.07, 6.45) is 0. The molecule has 0 aliphatic rings. The van der Waals surface area contributed by atoms with Crippen molar-refractivity contribution in [2.24, 2.45) is 7.05 Å². The average Bonchev–Trinajstić information content (AvgIpc) is 3.49. The Morgan fingerprint density at radius 2 is 1.89 bits per heavy atom. The Kier molecular flexibility index (Phi) is 6.78. The Morgan fingerprint density at radius 1 is 1.14 bits per heavy atom. The lowest BCUT2D eigenvalue weighted by Gasteiger charge is -2.18. The molecular formula is C26H25N5O3S3. The first-order chi connectivity index (χ1) is 17.7. The summed E-state index contributed by atoms with van der Waals surface area (Å²) in [4.78, 5) is 22.5. The predicted octanol–water partition coefficient (Wildman–Crippen LogP) is 6.16. The van der Waals surface area contributed by atoms with Crippen LogP contribution in [0.25, 0.3) is 27.4 Å². The Balaban J connectivity index is 1.43. The van der Waals surface area contributed by atoms with Crippen LogP contribution in [0.5, 0.6) is 5.75 Å². The lowest BCUT2D eigenvalue weighted by atomic mass is 9.87. The van der Waals surface area contributed by atoms with Gasteiger partial charge in [0.25, 0.3) is 5.56 Å². The van der Waals surface area contributed by atoms with Gasteiger partial charge in [-0.3, -0.25) is 13.9 Å². The summed E-state index contributed by atoms with van der Waals surface area (Å²) in [6.45, 7) is 6.52. The van der Waals surface area contributed by atoms with E-state index in [-0.39, 0.29) is 11.0 Å². The van der Waals surface area contributed by atoms with Crippen LogP contribution in [0.2, 0.25) is 0 Å². The monoisotopic (exact) mass is 551 g/mol. The minimum atomic E-state index is -0.157. The van der Waals surface area contributed by atoms with Crippen LogP contribution in [0.4, 0.5) is 0 Å². The van der Waals surface area contributed by atoms with Crippen molar-refractivity contribution in [1.29, 1.82) is 0 Å². The maximum Gasteiger partial charge on any atom is 0.273 e. The van der Waals surface area contributed by atoms with Gasteiger partial charge >= 0.3 is 0 Å². The molecule has 0 bridgehead atoms. The number of methoxy groups -OCH3 is 1. The summed E-state index contributed by atoms with van der Waals surface area (Å²) < 4.78 is 15.2. The highest BCUT2D eigenvalue weighted by Crippen LogP contribution is 2.29. The highest BCUT2D eigenvalue weighted by molar-refractivity contribution is 7.98. The normalized spacial score (nSPS) is 11.8. The molecule has 3 aromatic heterocycles. The van der Waals surface area contributed by atoms with Crippen LogP contribution in [0.3, 0.4) is 0 Å². The summed E-state index contributed by atoms with van der Waals surface area (Å²) in [5.74, 6) is 2.03. The first-order valence-electron chi connectivity index (χ1n) is 11.5. The zero-order chi connectivity index (χ0) is 26.3. The van der Waals surface area contributed by atoms with E-state index in [4.69, 9.17) is 26.5 Å². The first kappa shape index (κ1) is 25.4. The molecule has 0 saturated carbocycles. The second-order valence-electron chi connectivity index (χ2n) is 9.44. The zero-order valence-electron chi connectivity index (χ0n) is 21.0. The van der Waals surface area contributed by atoms with Crippen LogP contribution in [-0.4, -0.2) is 31.4 Å². The Labute approximate surface area is 227 Å². The summed E-state index contributed by atoms with van der Waals surface area (Å²) in [5, 5.41) is 4.66. The minimum Gasteiger partial charge on any atom is -0.497 e. The summed E-state index contributed by atoms with van der Waals surface area (Å²) in [5.41, 5.74) is 3.33. The van der Waals surface area contributed by atoms with Crippen molar-refractivity contribution in [3.8, 4) is 22.8 Å². The standard InChI is InChI=1S/C26H25N5O3S3/c1-26(2,3)16-11-9-15(10-12-16)21-27-19(34-29-21)14-36-24-28-22-20(23(32)30(24)4)37-25(35)31(22)17-7-6-8-18(13-17)33-5/h6-13H,14H2,1-5H3. The van der Waals surface area contributed by atoms with Crippen molar-refractivity contribution in [3.05, 3.63) is 74.3 Å². The topological polar surface area (TPSA) is 88.0 Å². The van der Waals surface area contributed by atoms with E-state index in [0.29, 0.717) is 42.7 Å². The van der Waals surface area contributed by atoms with Gasteiger partial charge in [0, 0.05) is 18.7 Å². The molecule has 0 aliphatic carbocycles. The molecule has 0 amide bonds. The van der Waals surface area contributed by atoms with E-state index in [1.54, 1.807) is 18.7 Å². The molecule has 0 N–H and O–H groups in total. The molecule has 0 fully saturated rings. The van der Waals surface area contributed by atoms with Gasteiger partial charge in [-0.25, -0.2) is 4.98 Å². The SMILES string of the molecule is COc1cccc(-n2c(=S)sc3c(=O)n(C)c(SCc4nc(-c5ccc(C(C)(C)C)cc5)no4)nc32)c1. The smallest absolute Gasteiger partial charge is 0.273 e. The van der Waals surface area contributed by atoms with Gasteiger partial charge in [-0.05, 0) is 35.3 Å². The molecule has 190 valence electrons. The molecule has 5 rings (SSSR count). The van der Waals surface area contributed by atoms with Crippen molar-refractivity contribution in [2.45, 2.75) is 37.1 Å². The number of ether oxygens (including phenoxy) is 1. The molecule has 0 radical (unpaired) electrons. The van der Waals surface area contributed by atoms with E-state index < -0.39 is 0 Å². The second-order valence-corrected chi connectivity index (χ2v) is 12.0. The maximum atomic E-state index is 13.2. The fourth-order valence-corrected chi connectivity index (χ4v) is 5.94. The zero-order valence-corrected chi connectivity index (χ0v) is 23.5.